The van der Waals surface area contributed by atoms with Gasteiger partial charge in [0.05, 0.1) is 13.2 Å². The standard InChI is InChI=1S/C10H13N7O2/c11-16-8-13-9(17-4-1-3-12-17)15-10(14-8)19-7-2-5-18-6-7/h1,3-4,7H,2,5-6,11H2,(H,13,14,15,16). The molecule has 0 saturated carbocycles. The van der Waals surface area contributed by atoms with Crippen LogP contribution in [0.4, 0.5) is 5.95 Å². The van der Waals surface area contributed by atoms with Gasteiger partial charge in [-0.15, -0.1) is 0 Å². The van der Waals surface area contributed by atoms with Crippen LogP contribution in [0.5, 0.6) is 6.01 Å². The Balaban J connectivity index is 1.88. The van der Waals surface area contributed by atoms with E-state index in [-0.39, 0.29) is 18.1 Å². The normalized spacial score (nSPS) is 18.5. The minimum atomic E-state index is -0.0431. The lowest BCUT2D eigenvalue weighted by Gasteiger charge is -2.11. The van der Waals surface area contributed by atoms with E-state index in [2.05, 4.69) is 25.5 Å². The number of ether oxygens (including phenoxy) is 2. The average molecular weight is 263 g/mol. The van der Waals surface area contributed by atoms with Gasteiger partial charge in [-0.05, 0) is 6.07 Å². The molecule has 3 N–H and O–H groups in total. The van der Waals surface area contributed by atoms with Gasteiger partial charge in [0.1, 0.15) is 6.10 Å². The molecular weight excluding hydrogens is 250 g/mol. The van der Waals surface area contributed by atoms with Crippen molar-refractivity contribution >= 4 is 5.95 Å². The maximum Gasteiger partial charge on any atom is 0.323 e. The summed E-state index contributed by atoms with van der Waals surface area (Å²) in [6, 6.07) is 1.97. The molecule has 19 heavy (non-hydrogen) atoms. The van der Waals surface area contributed by atoms with Crippen LogP contribution >= 0.6 is 0 Å². The summed E-state index contributed by atoms with van der Waals surface area (Å²) in [5.74, 6) is 5.89. The Morgan fingerprint density at radius 3 is 3.05 bits per heavy atom. The fraction of sp³-hybridized carbons (Fsp3) is 0.400. The van der Waals surface area contributed by atoms with Crippen LogP contribution < -0.4 is 16.0 Å². The summed E-state index contributed by atoms with van der Waals surface area (Å²) in [6.07, 6.45) is 4.12. The lowest BCUT2D eigenvalue weighted by molar-refractivity contribution is 0.134. The van der Waals surface area contributed by atoms with Crippen LogP contribution in [-0.2, 0) is 4.74 Å². The third-order valence-electron chi connectivity index (χ3n) is 2.60. The van der Waals surface area contributed by atoms with E-state index >= 15 is 0 Å². The van der Waals surface area contributed by atoms with Gasteiger partial charge in [0, 0.05) is 18.8 Å². The molecule has 0 bridgehead atoms. The van der Waals surface area contributed by atoms with Gasteiger partial charge in [-0.3, -0.25) is 5.43 Å². The van der Waals surface area contributed by atoms with Gasteiger partial charge in [-0.25, -0.2) is 10.5 Å². The van der Waals surface area contributed by atoms with E-state index in [1.807, 2.05) is 0 Å². The van der Waals surface area contributed by atoms with E-state index in [1.165, 1.54) is 4.68 Å². The molecule has 0 spiro atoms. The van der Waals surface area contributed by atoms with Crippen LogP contribution in [0.1, 0.15) is 6.42 Å². The number of nitrogens with two attached hydrogens (primary N) is 1. The molecule has 1 aliphatic heterocycles. The van der Waals surface area contributed by atoms with Crippen LogP contribution in [0.15, 0.2) is 18.5 Å². The first kappa shape index (κ1) is 11.8. The largest absolute Gasteiger partial charge is 0.457 e. The second-order valence-corrected chi connectivity index (χ2v) is 3.94. The maximum absolute atomic E-state index is 5.63. The van der Waals surface area contributed by atoms with Crippen LogP contribution in [0.25, 0.3) is 5.95 Å². The molecule has 0 aromatic carbocycles. The lowest BCUT2D eigenvalue weighted by Crippen LogP contribution is -2.20. The Morgan fingerprint density at radius 1 is 1.42 bits per heavy atom. The summed E-state index contributed by atoms with van der Waals surface area (Å²) in [5, 5.41) is 4.05. The number of rotatable bonds is 4. The summed E-state index contributed by atoms with van der Waals surface area (Å²) in [7, 11) is 0. The summed E-state index contributed by atoms with van der Waals surface area (Å²) >= 11 is 0. The fourth-order valence-electron chi connectivity index (χ4n) is 1.71. The second-order valence-electron chi connectivity index (χ2n) is 3.94. The predicted molar refractivity (Wildman–Crippen MR) is 64.6 cm³/mol. The van der Waals surface area contributed by atoms with Crippen molar-refractivity contribution in [3.63, 3.8) is 0 Å². The van der Waals surface area contributed by atoms with Gasteiger partial charge < -0.3 is 9.47 Å². The first-order valence-corrected chi connectivity index (χ1v) is 5.82. The predicted octanol–water partition coefficient (Wildman–Crippen LogP) is -0.489. The molecule has 0 amide bonds. The summed E-state index contributed by atoms with van der Waals surface area (Å²) in [5.41, 5.74) is 2.38. The first-order chi connectivity index (χ1) is 9.35. The molecule has 1 saturated heterocycles. The highest BCUT2D eigenvalue weighted by Crippen LogP contribution is 2.15. The zero-order valence-electron chi connectivity index (χ0n) is 10.1. The topological polar surface area (TPSA) is 113 Å². The Kier molecular flexibility index (Phi) is 3.21. The fourth-order valence-corrected chi connectivity index (χ4v) is 1.71. The number of anilines is 1. The van der Waals surface area contributed by atoms with Crippen LogP contribution in [0.2, 0.25) is 0 Å². The van der Waals surface area contributed by atoms with Crippen molar-refractivity contribution in [2.24, 2.45) is 5.84 Å². The molecule has 100 valence electrons. The summed E-state index contributed by atoms with van der Waals surface area (Å²) < 4.78 is 12.4. The molecule has 1 fully saturated rings. The third-order valence-corrected chi connectivity index (χ3v) is 2.60. The highest BCUT2D eigenvalue weighted by atomic mass is 16.6. The van der Waals surface area contributed by atoms with Crippen molar-refractivity contribution in [3.8, 4) is 12.0 Å². The van der Waals surface area contributed by atoms with Crippen molar-refractivity contribution in [2.75, 3.05) is 18.6 Å². The monoisotopic (exact) mass is 263 g/mol. The molecule has 2 aromatic rings. The summed E-state index contributed by atoms with van der Waals surface area (Å²) in [6.45, 7) is 1.22. The molecule has 1 atom stereocenters. The van der Waals surface area contributed by atoms with Crippen LogP contribution in [0, 0.1) is 0 Å². The molecule has 2 aromatic heterocycles. The maximum atomic E-state index is 5.63. The van der Waals surface area contributed by atoms with Crippen molar-refractivity contribution in [1.29, 1.82) is 0 Å². The molecule has 1 aliphatic rings. The first-order valence-electron chi connectivity index (χ1n) is 5.82. The molecule has 0 radical (unpaired) electrons. The van der Waals surface area contributed by atoms with E-state index in [0.29, 0.717) is 19.2 Å². The third kappa shape index (κ3) is 2.61. The van der Waals surface area contributed by atoms with E-state index in [9.17, 15) is 0 Å². The number of nitrogens with zero attached hydrogens (tertiary/aromatic N) is 5. The highest BCUT2D eigenvalue weighted by molar-refractivity contribution is 5.28. The number of hydrazine groups is 1. The lowest BCUT2D eigenvalue weighted by atomic mass is 10.3. The van der Waals surface area contributed by atoms with E-state index in [1.54, 1.807) is 18.5 Å². The van der Waals surface area contributed by atoms with Crippen molar-refractivity contribution in [2.45, 2.75) is 12.5 Å². The number of nitrogens with one attached hydrogen (secondary N) is 1. The minimum absolute atomic E-state index is 0.0431. The van der Waals surface area contributed by atoms with E-state index in [4.69, 9.17) is 15.3 Å². The van der Waals surface area contributed by atoms with Gasteiger partial charge in [0.15, 0.2) is 0 Å². The number of aromatic nitrogens is 5. The number of hydrogen-bond acceptors (Lipinski definition) is 8. The number of hydrogen-bond donors (Lipinski definition) is 2. The van der Waals surface area contributed by atoms with Crippen molar-refractivity contribution < 1.29 is 9.47 Å². The van der Waals surface area contributed by atoms with E-state index in [0.717, 1.165) is 6.42 Å². The van der Waals surface area contributed by atoms with Gasteiger partial charge in [0.2, 0.25) is 5.95 Å². The minimum Gasteiger partial charge on any atom is -0.457 e. The van der Waals surface area contributed by atoms with Crippen LogP contribution in [0.3, 0.4) is 0 Å². The zero-order valence-corrected chi connectivity index (χ0v) is 10.1. The van der Waals surface area contributed by atoms with Crippen molar-refractivity contribution in [1.82, 2.24) is 24.7 Å². The quantitative estimate of drug-likeness (QED) is 0.561. The van der Waals surface area contributed by atoms with Gasteiger partial charge in [-0.2, -0.15) is 20.1 Å². The molecule has 0 aliphatic carbocycles. The van der Waals surface area contributed by atoms with Crippen LogP contribution in [-0.4, -0.2) is 44.1 Å². The van der Waals surface area contributed by atoms with Gasteiger partial charge in [0.25, 0.3) is 5.95 Å². The molecular formula is C10H13N7O2. The Morgan fingerprint density at radius 2 is 2.37 bits per heavy atom. The smallest absolute Gasteiger partial charge is 0.323 e. The Bertz CT molecular complexity index is 539. The van der Waals surface area contributed by atoms with E-state index < -0.39 is 0 Å². The SMILES string of the molecule is NNc1nc(OC2CCOC2)nc(-n2cccn2)n1. The van der Waals surface area contributed by atoms with Crippen molar-refractivity contribution in [3.05, 3.63) is 18.5 Å². The molecule has 9 heteroatoms. The molecule has 3 rings (SSSR count). The van der Waals surface area contributed by atoms with Gasteiger partial charge >= 0.3 is 6.01 Å². The zero-order chi connectivity index (χ0) is 13.1. The Hall–Kier alpha value is -2.26. The molecule has 1 unspecified atom stereocenters. The molecule has 9 nitrogen and oxygen atoms in total. The summed E-state index contributed by atoms with van der Waals surface area (Å²) in [4.78, 5) is 12.3. The Labute approximate surface area is 108 Å². The number of nitrogen functional groups attached to an aromatic ring is 1. The molecule has 3 heterocycles. The highest BCUT2D eigenvalue weighted by Gasteiger charge is 2.19. The van der Waals surface area contributed by atoms with Gasteiger partial charge in [-0.1, -0.05) is 0 Å². The average Bonchev–Trinajstić information content (AvgIpc) is 3.11. The second kappa shape index (κ2) is 5.16.